The van der Waals surface area contributed by atoms with E-state index in [1.54, 1.807) is 0 Å². The van der Waals surface area contributed by atoms with Crippen molar-refractivity contribution in [1.82, 2.24) is 9.55 Å². The molecule has 4 aliphatic rings. The van der Waals surface area contributed by atoms with Crippen LogP contribution in [0.5, 0.6) is 11.5 Å². The summed E-state index contributed by atoms with van der Waals surface area (Å²) >= 11 is 0. The molecule has 0 fully saturated rings. The summed E-state index contributed by atoms with van der Waals surface area (Å²) in [6.45, 7) is 2.08. The van der Waals surface area contributed by atoms with Gasteiger partial charge >= 0.3 is 0 Å². The molecule has 0 atom stereocenters. The Hall–Kier alpha value is -5.64. The van der Waals surface area contributed by atoms with Crippen LogP contribution in [0.3, 0.4) is 0 Å². The van der Waals surface area contributed by atoms with Crippen LogP contribution in [-0.2, 0) is 21.1 Å². The maximum Gasteiger partial charge on any atom is 0.140 e. The Morgan fingerprint density at radius 1 is 0.608 bits per heavy atom. The summed E-state index contributed by atoms with van der Waals surface area (Å²) in [7, 11) is 2.06. The predicted molar refractivity (Wildman–Crippen MR) is 199 cm³/mol. The molecule has 51 heavy (non-hydrogen) atoms. The molecule has 3 heterocycles. The van der Waals surface area contributed by atoms with Crippen molar-refractivity contribution >= 4 is 38.9 Å². The third-order valence-electron chi connectivity index (χ3n) is 10.6. The first-order chi connectivity index (χ1) is 24.7. The van der Waals surface area contributed by atoms with E-state index in [1.165, 1.54) is 33.4 Å². The minimum atomic E-state index is 0. The van der Waals surface area contributed by atoms with Crippen LogP contribution in [0.1, 0.15) is 45.2 Å². The van der Waals surface area contributed by atoms with E-state index >= 15 is 0 Å². The van der Waals surface area contributed by atoms with Crippen molar-refractivity contribution in [2.75, 3.05) is 16.8 Å². The molecule has 6 heteroatoms. The number of ether oxygens (including phenoxy) is 1. The van der Waals surface area contributed by atoms with Crippen molar-refractivity contribution in [3.8, 4) is 17.3 Å². The second-order valence-corrected chi connectivity index (χ2v) is 13.3. The molecule has 12 rings (SSSR count). The topological polar surface area (TPSA) is 33.5 Å². The molecule has 5 nitrogen and oxygen atoms in total. The number of aromatic nitrogens is 2. The van der Waals surface area contributed by atoms with E-state index in [9.17, 15) is 0 Å². The minimum absolute atomic E-state index is 0. The van der Waals surface area contributed by atoms with Crippen LogP contribution < -0.4 is 14.5 Å². The largest absolute Gasteiger partial charge is 0.509 e. The summed E-state index contributed by atoms with van der Waals surface area (Å²) in [5.41, 5.74) is 13.3. The fourth-order valence-corrected chi connectivity index (χ4v) is 8.62. The van der Waals surface area contributed by atoms with Crippen molar-refractivity contribution in [3.05, 3.63) is 192 Å². The first-order valence-corrected chi connectivity index (χ1v) is 17.0. The first-order valence-electron chi connectivity index (χ1n) is 17.0. The molecule has 8 aromatic rings. The van der Waals surface area contributed by atoms with Gasteiger partial charge < -0.3 is 19.1 Å². The third-order valence-corrected chi connectivity index (χ3v) is 10.6. The molecule has 1 aliphatic heterocycles. The molecule has 0 saturated carbocycles. The number of rotatable bonds is 4. The zero-order valence-electron chi connectivity index (χ0n) is 27.5. The van der Waals surface area contributed by atoms with E-state index in [0.717, 1.165) is 44.7 Å². The van der Waals surface area contributed by atoms with Crippen molar-refractivity contribution in [1.29, 1.82) is 0 Å². The molecule has 0 saturated heterocycles. The molecule has 0 spiro atoms. The van der Waals surface area contributed by atoms with Crippen LogP contribution >= 0.6 is 0 Å². The number of para-hydroxylation sites is 3. The smallest absolute Gasteiger partial charge is 0.140 e. The van der Waals surface area contributed by atoms with Gasteiger partial charge in [-0.3, -0.25) is 0 Å². The van der Waals surface area contributed by atoms with Crippen LogP contribution in [0.25, 0.3) is 27.6 Å². The third kappa shape index (κ3) is 4.34. The average molecular weight is 837 g/mol. The van der Waals surface area contributed by atoms with Crippen molar-refractivity contribution in [3.63, 3.8) is 0 Å². The van der Waals surface area contributed by atoms with Gasteiger partial charge in [0, 0.05) is 73.1 Å². The van der Waals surface area contributed by atoms with E-state index in [0.29, 0.717) is 11.5 Å². The van der Waals surface area contributed by atoms with Crippen LogP contribution in [0.2, 0.25) is 0 Å². The van der Waals surface area contributed by atoms with Gasteiger partial charge in [0.25, 0.3) is 0 Å². The van der Waals surface area contributed by atoms with Gasteiger partial charge in [0.1, 0.15) is 5.82 Å². The van der Waals surface area contributed by atoms with E-state index in [4.69, 9.17) is 9.72 Å². The molecule has 0 amide bonds. The predicted octanol–water partition coefficient (Wildman–Crippen LogP) is 10.3. The minimum Gasteiger partial charge on any atom is -0.509 e. The van der Waals surface area contributed by atoms with Gasteiger partial charge in [-0.1, -0.05) is 84.4 Å². The van der Waals surface area contributed by atoms with Gasteiger partial charge in [-0.15, -0.1) is 41.4 Å². The maximum atomic E-state index is 6.54. The molecule has 3 aliphatic carbocycles. The van der Waals surface area contributed by atoms with Crippen LogP contribution in [-0.4, -0.2) is 16.6 Å². The summed E-state index contributed by atoms with van der Waals surface area (Å²) < 4.78 is 8.84. The summed E-state index contributed by atoms with van der Waals surface area (Å²) in [4.78, 5) is 9.44. The standard InChI is InChI=1S/C45H29N4O.Pt/c1-47-27-48(40-20-9-8-19-39(40)47)28-11-10-12-29(25-28)50-30-21-22-32-31-13-6-7-18-38(31)49(41(32)26-30)45-44-37(23-24-46-45)42-33-14-2-4-16-35(33)43(44)36-17-5-3-15-34(36)42;/h2-24,27,42-43H,1H3;/q-3;. The monoisotopic (exact) mass is 836 g/mol. The Bertz CT molecular complexity index is 2630. The van der Waals surface area contributed by atoms with Gasteiger partial charge in [-0.05, 0) is 64.5 Å². The second kappa shape index (κ2) is 11.4. The summed E-state index contributed by atoms with van der Waals surface area (Å²) in [5, 5.41) is 2.27. The molecule has 2 aromatic heterocycles. The molecule has 0 radical (unpaired) electrons. The number of hydrogen-bond acceptors (Lipinski definition) is 4. The van der Waals surface area contributed by atoms with Crippen molar-refractivity contribution in [2.24, 2.45) is 0 Å². The van der Waals surface area contributed by atoms with Crippen LogP contribution in [0.4, 0.5) is 17.1 Å². The Labute approximate surface area is 310 Å². The van der Waals surface area contributed by atoms with Crippen LogP contribution in [0.15, 0.2) is 140 Å². The fraction of sp³-hybridized carbons (Fsp3) is 0.0667. The normalized spacial score (nSPS) is 16.4. The number of anilines is 3. The molecule has 248 valence electrons. The molecule has 0 N–H and O–H groups in total. The van der Waals surface area contributed by atoms with Gasteiger partial charge in [0.2, 0.25) is 0 Å². The summed E-state index contributed by atoms with van der Waals surface area (Å²) in [6, 6.07) is 54.4. The number of hydrogen-bond donors (Lipinski definition) is 0. The number of benzene rings is 6. The SMILES string of the molecule is CN1[CH-]N(c2[c-]c(Oc3[c-]c4c(cc3)c3ccccc3n4-c3nccc4c3C3c5ccccc5C4c4ccccc43)ccc2)c2ccccc21.[Pt]. The van der Waals surface area contributed by atoms with E-state index in [1.807, 2.05) is 24.4 Å². The average Bonchev–Trinajstić information content (AvgIpc) is 3.68. The number of nitrogens with zero attached hydrogens (tertiary/aromatic N) is 4. The Morgan fingerprint density at radius 2 is 1.27 bits per heavy atom. The zero-order valence-corrected chi connectivity index (χ0v) is 29.8. The number of pyridine rings is 1. The van der Waals surface area contributed by atoms with Gasteiger partial charge in [-0.2, -0.15) is 18.8 Å². The zero-order chi connectivity index (χ0) is 32.9. The van der Waals surface area contributed by atoms with Crippen molar-refractivity contribution < 1.29 is 25.8 Å². The van der Waals surface area contributed by atoms with Gasteiger partial charge in [0.05, 0.1) is 0 Å². The molecular weight excluding hydrogens is 808 g/mol. The summed E-state index contributed by atoms with van der Waals surface area (Å²) in [6.07, 6.45) is 1.98. The van der Waals surface area contributed by atoms with Gasteiger partial charge in [0.15, 0.2) is 0 Å². The van der Waals surface area contributed by atoms with Crippen LogP contribution in [0, 0.1) is 18.8 Å². The Kier molecular flexibility index (Phi) is 6.78. The maximum absolute atomic E-state index is 6.54. The molecular formula is C45H29N4OPt-3. The first kappa shape index (κ1) is 30.2. The van der Waals surface area contributed by atoms with E-state index in [2.05, 4.69) is 155 Å². The summed E-state index contributed by atoms with van der Waals surface area (Å²) in [5.74, 6) is 2.46. The molecule has 6 aromatic carbocycles. The fourth-order valence-electron chi connectivity index (χ4n) is 8.62. The van der Waals surface area contributed by atoms with E-state index < -0.39 is 0 Å². The van der Waals surface area contributed by atoms with Gasteiger partial charge in [-0.25, -0.2) is 4.98 Å². The molecule has 0 unspecified atom stereocenters. The number of fused-ring (bicyclic) bond motifs is 4. The van der Waals surface area contributed by atoms with E-state index in [-0.39, 0.29) is 32.9 Å². The Balaban J connectivity index is 0.00000327. The second-order valence-electron chi connectivity index (χ2n) is 13.3. The molecule has 2 bridgehead atoms. The van der Waals surface area contributed by atoms with Crippen molar-refractivity contribution in [2.45, 2.75) is 11.8 Å². The Morgan fingerprint density at radius 3 is 2.06 bits per heavy atom. The quantitative estimate of drug-likeness (QED) is 0.165.